The molecule has 0 fully saturated rings. The van der Waals surface area contributed by atoms with E-state index in [4.69, 9.17) is 0 Å². The van der Waals surface area contributed by atoms with E-state index in [1.165, 1.54) is 22.3 Å². The molecule has 0 spiro atoms. The fraction of sp³-hybridized carbons (Fsp3) is 0.200. The lowest BCUT2D eigenvalue weighted by Gasteiger charge is -2.30. The van der Waals surface area contributed by atoms with Crippen molar-refractivity contribution in [2.45, 2.75) is 44.9 Å². The minimum atomic E-state index is -3.79. The summed E-state index contributed by atoms with van der Waals surface area (Å²) in [4.78, 5) is 0.309. The van der Waals surface area contributed by atoms with Gasteiger partial charge in [0, 0.05) is 24.2 Å². The Morgan fingerprint density at radius 1 is 0.511 bits per heavy atom. The normalized spacial score (nSPS) is 12.3. The third kappa shape index (κ3) is 7.34. The fourth-order valence-corrected chi connectivity index (χ4v) is 7.85. The van der Waals surface area contributed by atoms with Crippen molar-refractivity contribution in [2.75, 3.05) is 14.1 Å². The van der Waals surface area contributed by atoms with E-state index >= 15 is 0 Å². The van der Waals surface area contributed by atoms with Gasteiger partial charge in [-0.1, -0.05) is 120 Å². The van der Waals surface area contributed by atoms with Crippen LogP contribution in [0.2, 0.25) is 0 Å². The van der Waals surface area contributed by atoms with Crippen LogP contribution in [-0.4, -0.2) is 31.3 Å². The molecule has 0 saturated carbocycles. The second-order valence-electron chi connectivity index (χ2n) is 13.0. The molecule has 0 amide bonds. The van der Waals surface area contributed by atoms with Crippen molar-refractivity contribution in [1.29, 1.82) is 0 Å². The van der Waals surface area contributed by atoms with Gasteiger partial charge in [-0.05, 0) is 64.7 Å². The first-order chi connectivity index (χ1) is 21.5. The quantitative estimate of drug-likeness (QED) is 0.145. The Bertz CT molecular complexity index is 2060. The smallest absolute Gasteiger partial charge is 0.243 e. The second-order valence-corrected chi connectivity index (χ2v) is 15.0. The molecule has 0 aromatic heterocycles. The first-order valence-corrected chi connectivity index (χ1v) is 16.9. The van der Waals surface area contributed by atoms with Crippen LogP contribution in [0.4, 0.5) is 0 Å². The van der Waals surface area contributed by atoms with Crippen LogP contribution in [0.15, 0.2) is 132 Å². The van der Waals surface area contributed by atoms with Gasteiger partial charge in [-0.3, -0.25) is 0 Å². The maximum atomic E-state index is 14.2. The van der Waals surface area contributed by atoms with E-state index in [1.807, 2.05) is 48.5 Å². The van der Waals surface area contributed by atoms with Gasteiger partial charge in [0.25, 0.3) is 0 Å². The van der Waals surface area contributed by atoms with E-state index in [9.17, 15) is 8.42 Å². The van der Waals surface area contributed by atoms with Crippen LogP contribution in [0.25, 0.3) is 21.5 Å². The minimum Gasteiger partial charge on any atom is -0.321 e. The van der Waals surface area contributed by atoms with Crippen molar-refractivity contribution < 1.29 is 12.9 Å². The van der Waals surface area contributed by atoms with Gasteiger partial charge >= 0.3 is 0 Å². The molecule has 0 aliphatic heterocycles. The van der Waals surface area contributed by atoms with Crippen molar-refractivity contribution in [3.8, 4) is 0 Å². The summed E-state index contributed by atoms with van der Waals surface area (Å²) in [5.41, 5.74) is 7.08. The van der Waals surface area contributed by atoms with Gasteiger partial charge < -0.3 is 4.48 Å². The summed E-state index contributed by atoms with van der Waals surface area (Å²) < 4.78 is 30.9. The van der Waals surface area contributed by atoms with E-state index in [0.717, 1.165) is 50.2 Å². The highest BCUT2D eigenvalue weighted by molar-refractivity contribution is 7.89. The highest BCUT2D eigenvalue weighted by atomic mass is 32.2. The maximum absolute atomic E-state index is 14.2. The molecule has 4 nitrogen and oxygen atoms in total. The maximum Gasteiger partial charge on any atom is 0.243 e. The van der Waals surface area contributed by atoms with Crippen molar-refractivity contribution in [3.63, 3.8) is 0 Å². The van der Waals surface area contributed by atoms with Crippen LogP contribution >= 0.6 is 0 Å². The molecule has 6 aromatic carbocycles. The summed E-state index contributed by atoms with van der Waals surface area (Å²) in [6.45, 7) is 6.68. The number of benzene rings is 6. The van der Waals surface area contributed by atoms with Crippen molar-refractivity contribution >= 4 is 31.6 Å². The summed E-state index contributed by atoms with van der Waals surface area (Å²) >= 11 is 0. The highest BCUT2D eigenvalue weighted by Crippen LogP contribution is 2.27. The SMILES string of the molecule is Cc1cc(C)cc(C[N+](C)(C)Cc2ccc(CN(Cc3ccc4ccccc4c3)S(=O)(=O)c3ccc4ccccc4c3)cc2)c1. The second kappa shape index (κ2) is 12.6. The predicted molar refractivity (Wildman–Crippen MR) is 186 cm³/mol. The van der Waals surface area contributed by atoms with Crippen molar-refractivity contribution in [3.05, 3.63) is 161 Å². The van der Waals surface area contributed by atoms with E-state index in [-0.39, 0.29) is 13.1 Å². The summed E-state index contributed by atoms with van der Waals surface area (Å²) in [7, 11) is 0.721. The van der Waals surface area contributed by atoms with Crippen molar-refractivity contribution in [2.24, 2.45) is 0 Å². The zero-order valence-electron chi connectivity index (χ0n) is 26.6. The van der Waals surface area contributed by atoms with Crippen LogP contribution < -0.4 is 0 Å². The van der Waals surface area contributed by atoms with Crippen LogP contribution in [0.5, 0.6) is 0 Å². The van der Waals surface area contributed by atoms with Gasteiger partial charge in [0.05, 0.1) is 19.0 Å². The molecular weight excluding hydrogens is 573 g/mol. The number of nitrogens with zero attached hydrogens (tertiary/aromatic N) is 2. The third-order valence-electron chi connectivity index (χ3n) is 8.42. The van der Waals surface area contributed by atoms with E-state index in [2.05, 4.69) is 94.7 Å². The topological polar surface area (TPSA) is 37.4 Å². The van der Waals surface area contributed by atoms with Crippen molar-refractivity contribution in [1.82, 2.24) is 4.31 Å². The molecule has 0 atom stereocenters. The van der Waals surface area contributed by atoms with Gasteiger partial charge in [-0.2, -0.15) is 4.31 Å². The molecule has 0 unspecified atom stereocenters. The standard InChI is InChI=1S/C40H41N2O2S/c1-30-21-31(2)23-35(22-30)29-42(3,4)28-33-15-13-32(14-16-33)26-41(27-34-17-18-36-9-5-7-11-38(36)24-34)45(43,44)40-20-19-37-10-6-8-12-39(37)25-40/h5-25H,26-29H2,1-4H3/q+1. The molecule has 0 N–H and O–H groups in total. The minimum absolute atomic E-state index is 0.279. The molecule has 0 heterocycles. The molecular formula is C40H41N2O2S+. The molecule has 6 aromatic rings. The Morgan fingerprint density at radius 3 is 1.64 bits per heavy atom. The van der Waals surface area contributed by atoms with Gasteiger partial charge in [0.15, 0.2) is 0 Å². The lowest BCUT2D eigenvalue weighted by Crippen LogP contribution is -2.37. The summed E-state index contributed by atoms with van der Waals surface area (Å²) in [6, 6.07) is 42.9. The first-order valence-electron chi connectivity index (χ1n) is 15.5. The van der Waals surface area contributed by atoms with E-state index < -0.39 is 10.0 Å². The van der Waals surface area contributed by atoms with Gasteiger partial charge in [0.1, 0.15) is 13.1 Å². The monoisotopic (exact) mass is 613 g/mol. The average Bonchev–Trinajstić information content (AvgIpc) is 3.00. The third-order valence-corrected chi connectivity index (χ3v) is 10.2. The number of rotatable bonds is 10. The van der Waals surface area contributed by atoms with E-state index in [0.29, 0.717) is 4.90 Å². The summed E-state index contributed by atoms with van der Waals surface area (Å²) in [5.74, 6) is 0. The number of quaternary nitrogens is 1. The van der Waals surface area contributed by atoms with Gasteiger partial charge in [-0.25, -0.2) is 8.42 Å². The lowest BCUT2D eigenvalue weighted by molar-refractivity contribution is -0.916. The molecule has 0 saturated heterocycles. The van der Waals surface area contributed by atoms with Crippen LogP contribution in [-0.2, 0) is 36.2 Å². The van der Waals surface area contributed by atoms with E-state index in [1.54, 1.807) is 16.4 Å². The van der Waals surface area contributed by atoms with Gasteiger partial charge in [0.2, 0.25) is 10.0 Å². The number of sulfonamides is 1. The van der Waals surface area contributed by atoms with Crippen LogP contribution in [0.3, 0.4) is 0 Å². The average molecular weight is 614 g/mol. The van der Waals surface area contributed by atoms with Crippen LogP contribution in [0.1, 0.15) is 33.4 Å². The van der Waals surface area contributed by atoms with Crippen LogP contribution in [0, 0.1) is 13.8 Å². The molecule has 0 aliphatic rings. The number of hydrogen-bond acceptors (Lipinski definition) is 2. The molecule has 0 aliphatic carbocycles. The Hall–Kier alpha value is -4.29. The zero-order chi connectivity index (χ0) is 31.6. The Kier molecular flexibility index (Phi) is 8.61. The first kappa shape index (κ1) is 30.7. The number of hydrogen-bond donors (Lipinski definition) is 0. The Morgan fingerprint density at radius 2 is 1.00 bits per heavy atom. The molecule has 6 rings (SSSR count). The molecule has 45 heavy (non-hydrogen) atoms. The van der Waals surface area contributed by atoms with Gasteiger partial charge in [-0.15, -0.1) is 0 Å². The Labute approximate surface area is 267 Å². The molecule has 5 heteroatoms. The fourth-order valence-electron chi connectivity index (χ4n) is 6.40. The predicted octanol–water partition coefficient (Wildman–Crippen LogP) is 8.78. The summed E-state index contributed by atoms with van der Waals surface area (Å²) in [6.07, 6.45) is 0. The molecule has 228 valence electrons. The molecule has 0 bridgehead atoms. The molecule has 0 radical (unpaired) electrons. The Balaban J connectivity index is 1.26. The highest BCUT2D eigenvalue weighted by Gasteiger charge is 2.26. The zero-order valence-corrected chi connectivity index (χ0v) is 27.4. The number of fused-ring (bicyclic) bond motifs is 2. The largest absolute Gasteiger partial charge is 0.321 e. The number of aryl methyl sites for hydroxylation is 2. The lowest BCUT2D eigenvalue weighted by atomic mass is 10.1. The summed E-state index contributed by atoms with van der Waals surface area (Å²) in [5, 5.41) is 4.17.